The summed E-state index contributed by atoms with van der Waals surface area (Å²) in [6, 6.07) is 40.3. The molecule has 0 aliphatic carbocycles. The minimum absolute atomic E-state index is 0.567. The number of hydrogen-bond donors (Lipinski definition) is 0. The average Bonchev–Trinajstić information content (AvgIpc) is 2.97. The lowest BCUT2D eigenvalue weighted by Crippen LogP contribution is -2.09. The number of nitriles is 2. The van der Waals surface area contributed by atoms with Gasteiger partial charge in [-0.2, -0.15) is 10.5 Å². The summed E-state index contributed by atoms with van der Waals surface area (Å²) in [5.41, 5.74) is 6.09. The maximum Gasteiger partial charge on any atom is 0.119 e. The van der Waals surface area contributed by atoms with Crippen LogP contribution in [0.4, 0.5) is 17.1 Å². The molecule has 5 rings (SSSR count). The monoisotopic (exact) mass is 477 g/mol. The highest BCUT2D eigenvalue weighted by molar-refractivity contribution is 5.95. The lowest BCUT2D eigenvalue weighted by molar-refractivity contribution is 0.415. The van der Waals surface area contributed by atoms with Gasteiger partial charge in [0, 0.05) is 27.8 Å². The van der Waals surface area contributed by atoms with Crippen molar-refractivity contribution in [3.63, 3.8) is 0 Å². The van der Waals surface area contributed by atoms with E-state index in [9.17, 15) is 10.5 Å². The third-order valence-electron chi connectivity index (χ3n) is 6.28. The number of nitrogens with zero attached hydrogens (tertiary/aromatic N) is 3. The zero-order valence-corrected chi connectivity index (χ0v) is 20.3. The molecule has 5 aromatic carbocycles. The van der Waals surface area contributed by atoms with E-state index in [0.717, 1.165) is 44.7 Å². The number of para-hydroxylation sites is 1. The van der Waals surface area contributed by atoms with Gasteiger partial charge in [0.2, 0.25) is 0 Å². The van der Waals surface area contributed by atoms with Crippen molar-refractivity contribution in [2.24, 2.45) is 0 Å². The highest BCUT2D eigenvalue weighted by Crippen LogP contribution is 2.35. The maximum atomic E-state index is 9.84. The summed E-state index contributed by atoms with van der Waals surface area (Å²) in [6.45, 7) is 0. The summed E-state index contributed by atoms with van der Waals surface area (Å²) < 4.78 is 5.33. The first-order valence-electron chi connectivity index (χ1n) is 11.8. The molecule has 0 unspecified atom stereocenters. The Hall–Kier alpha value is -5.32. The average molecular weight is 478 g/mol. The molecule has 0 N–H and O–H groups in total. The molecular weight excluding hydrogens is 454 g/mol. The van der Waals surface area contributed by atoms with Gasteiger partial charge in [0.25, 0.3) is 0 Å². The van der Waals surface area contributed by atoms with Gasteiger partial charge < -0.3 is 9.64 Å². The van der Waals surface area contributed by atoms with Crippen molar-refractivity contribution in [2.45, 2.75) is 0 Å². The molecule has 0 saturated carbocycles. The van der Waals surface area contributed by atoms with Gasteiger partial charge in [0.1, 0.15) is 11.8 Å². The van der Waals surface area contributed by atoms with Crippen molar-refractivity contribution in [2.75, 3.05) is 12.0 Å². The van der Waals surface area contributed by atoms with Gasteiger partial charge in [-0.05, 0) is 65.7 Å². The Morgan fingerprint density at radius 2 is 1.30 bits per heavy atom. The highest BCUT2D eigenvalue weighted by atomic mass is 16.5. The van der Waals surface area contributed by atoms with Crippen LogP contribution in [-0.2, 0) is 0 Å². The summed E-state index contributed by atoms with van der Waals surface area (Å²) >= 11 is 0. The van der Waals surface area contributed by atoms with Crippen LogP contribution in [0.1, 0.15) is 22.3 Å². The molecule has 176 valence electrons. The van der Waals surface area contributed by atoms with Crippen LogP contribution in [0.5, 0.6) is 5.75 Å². The molecule has 0 amide bonds. The number of hydrogen-bond acceptors (Lipinski definition) is 4. The second kappa shape index (κ2) is 10.5. The van der Waals surface area contributed by atoms with E-state index >= 15 is 0 Å². The number of methoxy groups -OCH3 is 1. The van der Waals surface area contributed by atoms with Crippen molar-refractivity contribution in [1.29, 1.82) is 10.5 Å². The quantitative estimate of drug-likeness (QED) is 0.231. The Bertz CT molecular complexity index is 1660. The lowest BCUT2D eigenvalue weighted by atomic mass is 9.96. The van der Waals surface area contributed by atoms with Crippen molar-refractivity contribution >= 4 is 40.0 Å². The minimum atomic E-state index is 0.567. The number of rotatable bonds is 6. The Kier molecular flexibility index (Phi) is 6.66. The van der Waals surface area contributed by atoms with E-state index in [1.54, 1.807) is 13.2 Å². The fraction of sp³-hybridized carbons (Fsp3) is 0.0303. The molecule has 0 radical (unpaired) electrons. The largest absolute Gasteiger partial charge is 0.497 e. The number of benzene rings is 5. The third kappa shape index (κ3) is 4.78. The van der Waals surface area contributed by atoms with E-state index in [1.807, 2.05) is 78.9 Å². The molecule has 5 aromatic rings. The van der Waals surface area contributed by atoms with Crippen LogP contribution in [0.25, 0.3) is 22.9 Å². The van der Waals surface area contributed by atoms with Crippen molar-refractivity contribution in [3.8, 4) is 17.9 Å². The number of anilines is 3. The first-order valence-corrected chi connectivity index (χ1v) is 11.8. The smallest absolute Gasteiger partial charge is 0.119 e. The van der Waals surface area contributed by atoms with E-state index < -0.39 is 0 Å². The van der Waals surface area contributed by atoms with Gasteiger partial charge in [-0.3, -0.25) is 0 Å². The van der Waals surface area contributed by atoms with Crippen LogP contribution in [0, 0.1) is 22.7 Å². The van der Waals surface area contributed by atoms with Gasteiger partial charge in [0.05, 0.1) is 24.3 Å². The van der Waals surface area contributed by atoms with Crippen molar-refractivity contribution in [1.82, 2.24) is 0 Å². The van der Waals surface area contributed by atoms with Crippen LogP contribution in [-0.4, -0.2) is 7.11 Å². The molecular formula is C33H23N3O. The molecule has 0 fully saturated rings. The summed E-state index contributed by atoms with van der Waals surface area (Å²) in [6.07, 6.45) is 3.95. The SMILES string of the molecule is COc1ccc(N(c2ccccc2)c2ccc(C=Cc3ccc4c(C#N)cccc4c3C#N)cc2)cc1. The standard InChI is InChI=1S/C33H23N3O/c1-37-30-19-17-29(18-20-30)36(27-7-3-2-4-8-27)28-15-11-24(12-16-28)10-13-25-14-21-31-26(22-34)6-5-9-32(31)33(25)23-35/h2-21H,1H3. The van der Waals surface area contributed by atoms with Crippen LogP contribution in [0.15, 0.2) is 109 Å². The Morgan fingerprint density at radius 1 is 0.622 bits per heavy atom. The van der Waals surface area contributed by atoms with Crippen LogP contribution >= 0.6 is 0 Å². The molecule has 0 aromatic heterocycles. The predicted molar refractivity (Wildman–Crippen MR) is 150 cm³/mol. The highest BCUT2D eigenvalue weighted by Gasteiger charge is 2.12. The van der Waals surface area contributed by atoms with Crippen LogP contribution in [0.3, 0.4) is 0 Å². The van der Waals surface area contributed by atoms with Gasteiger partial charge in [-0.25, -0.2) is 0 Å². The second-order valence-corrected chi connectivity index (χ2v) is 8.45. The molecule has 4 heteroatoms. The minimum Gasteiger partial charge on any atom is -0.497 e. The normalized spacial score (nSPS) is 10.7. The Balaban J connectivity index is 1.47. The molecule has 0 heterocycles. The summed E-state index contributed by atoms with van der Waals surface area (Å²) in [4.78, 5) is 2.19. The zero-order chi connectivity index (χ0) is 25.6. The molecule has 0 bridgehead atoms. The Labute approximate surface area is 216 Å². The zero-order valence-electron chi connectivity index (χ0n) is 20.3. The Morgan fingerprint density at radius 3 is 1.95 bits per heavy atom. The number of fused-ring (bicyclic) bond motifs is 1. The molecule has 0 aliphatic heterocycles. The molecule has 4 nitrogen and oxygen atoms in total. The molecule has 37 heavy (non-hydrogen) atoms. The summed E-state index contributed by atoms with van der Waals surface area (Å²) in [7, 11) is 1.66. The first kappa shape index (κ1) is 23.4. The third-order valence-corrected chi connectivity index (χ3v) is 6.28. The van der Waals surface area contributed by atoms with E-state index in [4.69, 9.17) is 4.74 Å². The summed E-state index contributed by atoms with van der Waals surface area (Å²) in [5.74, 6) is 0.812. The summed E-state index contributed by atoms with van der Waals surface area (Å²) in [5, 5.41) is 20.8. The predicted octanol–water partition coefficient (Wildman–Crippen LogP) is 8.23. The van der Waals surface area contributed by atoms with E-state index in [1.165, 1.54) is 0 Å². The second-order valence-electron chi connectivity index (χ2n) is 8.45. The fourth-order valence-corrected chi connectivity index (χ4v) is 4.41. The van der Waals surface area contributed by atoms with Gasteiger partial charge in [0.15, 0.2) is 0 Å². The van der Waals surface area contributed by atoms with Crippen LogP contribution in [0.2, 0.25) is 0 Å². The number of ether oxygens (including phenoxy) is 1. The van der Waals surface area contributed by atoms with E-state index in [2.05, 4.69) is 53.4 Å². The van der Waals surface area contributed by atoms with Gasteiger partial charge >= 0.3 is 0 Å². The lowest BCUT2D eigenvalue weighted by Gasteiger charge is -2.25. The molecule has 0 saturated heterocycles. The van der Waals surface area contributed by atoms with Crippen molar-refractivity contribution < 1.29 is 4.74 Å². The maximum absolute atomic E-state index is 9.84. The van der Waals surface area contributed by atoms with E-state index in [0.29, 0.717) is 11.1 Å². The topological polar surface area (TPSA) is 60.0 Å². The van der Waals surface area contributed by atoms with Crippen LogP contribution < -0.4 is 9.64 Å². The van der Waals surface area contributed by atoms with E-state index in [-0.39, 0.29) is 0 Å². The van der Waals surface area contributed by atoms with Crippen molar-refractivity contribution in [3.05, 3.63) is 131 Å². The fourth-order valence-electron chi connectivity index (χ4n) is 4.41. The van der Waals surface area contributed by atoms with Gasteiger partial charge in [-0.1, -0.05) is 66.7 Å². The first-order chi connectivity index (χ1) is 18.2. The van der Waals surface area contributed by atoms with Gasteiger partial charge in [-0.15, -0.1) is 0 Å². The molecule has 0 spiro atoms. The molecule has 0 atom stereocenters. The molecule has 0 aliphatic rings.